The van der Waals surface area contributed by atoms with Crippen LogP contribution in [0.5, 0.6) is 0 Å². The van der Waals surface area contributed by atoms with Gasteiger partial charge in [-0.25, -0.2) is 9.78 Å². The monoisotopic (exact) mass is 502 g/mol. The van der Waals surface area contributed by atoms with Crippen LogP contribution >= 0.6 is 11.3 Å². The maximum atomic E-state index is 13.4. The zero-order valence-corrected chi connectivity index (χ0v) is 20.4. The van der Waals surface area contributed by atoms with Gasteiger partial charge in [-0.2, -0.15) is 0 Å². The van der Waals surface area contributed by atoms with Gasteiger partial charge in [0.15, 0.2) is 5.01 Å². The van der Waals surface area contributed by atoms with Crippen LogP contribution in [0.3, 0.4) is 0 Å². The molecule has 0 fully saturated rings. The van der Waals surface area contributed by atoms with E-state index >= 15 is 0 Å². The van der Waals surface area contributed by atoms with Crippen molar-refractivity contribution in [3.63, 3.8) is 0 Å². The lowest BCUT2D eigenvalue weighted by Crippen LogP contribution is -2.41. The molecule has 4 aromatic rings. The van der Waals surface area contributed by atoms with Crippen LogP contribution in [0, 0.1) is 0 Å². The average molecular weight is 503 g/mol. The molecule has 0 aliphatic heterocycles. The minimum Gasteiger partial charge on any atom is -0.465 e. The fourth-order valence-electron chi connectivity index (χ4n) is 3.83. The minimum absolute atomic E-state index is 0.257. The van der Waals surface area contributed by atoms with E-state index in [0.29, 0.717) is 42.9 Å². The van der Waals surface area contributed by atoms with Crippen LogP contribution in [-0.4, -0.2) is 50.3 Å². The molecule has 8 nitrogen and oxygen atoms in total. The largest absolute Gasteiger partial charge is 0.465 e. The molecule has 2 N–H and O–H groups in total. The third kappa shape index (κ3) is 6.51. The molecule has 2 heterocycles. The first-order valence-electron chi connectivity index (χ1n) is 11.6. The molecule has 2 amide bonds. The fraction of sp³-hybridized carbons (Fsp3) is 0.222. The molecule has 0 radical (unpaired) electrons. The number of benzene rings is 2. The molecule has 36 heavy (non-hydrogen) atoms. The highest BCUT2D eigenvalue weighted by molar-refractivity contribution is 7.20. The number of hydrogen-bond donors (Lipinski definition) is 2. The first kappa shape index (κ1) is 25.0. The molecule has 4 rings (SSSR count). The van der Waals surface area contributed by atoms with Gasteiger partial charge in [0.25, 0.3) is 5.91 Å². The van der Waals surface area contributed by atoms with Crippen LogP contribution in [0.4, 0.5) is 4.79 Å². The second-order valence-electron chi connectivity index (χ2n) is 8.30. The number of hydrogen-bond acceptors (Lipinski definition) is 6. The van der Waals surface area contributed by atoms with Gasteiger partial charge < -0.3 is 15.3 Å². The second-order valence-corrected chi connectivity index (χ2v) is 9.33. The number of nitrogens with zero attached hydrogens (tertiary/aromatic N) is 3. The number of nitrogens with one attached hydrogen (secondary N) is 1. The average Bonchev–Trinajstić information content (AvgIpc) is 3.34. The predicted octanol–water partition coefficient (Wildman–Crippen LogP) is 5.02. The first-order chi connectivity index (χ1) is 17.5. The Kier molecular flexibility index (Phi) is 8.36. The van der Waals surface area contributed by atoms with Crippen molar-refractivity contribution in [2.45, 2.75) is 31.8 Å². The Labute approximate surface area is 212 Å². The Bertz CT molecular complexity index is 1290. The topological polar surface area (TPSA) is 112 Å². The first-order valence-corrected chi connectivity index (χ1v) is 12.5. The number of fused-ring (bicyclic) bond motifs is 1. The molecule has 0 bridgehead atoms. The number of thiazole rings is 1. The number of pyridine rings is 1. The number of Topliss-reactive ketones (excluding diaryl/α,β-unsaturated/α-hetero) is 1. The molecule has 9 heteroatoms. The molecule has 2 aromatic heterocycles. The summed E-state index contributed by atoms with van der Waals surface area (Å²) >= 11 is 1.30. The van der Waals surface area contributed by atoms with Gasteiger partial charge in [0, 0.05) is 25.5 Å². The molecule has 0 aliphatic carbocycles. The number of para-hydroxylation sites is 1. The molecule has 0 aliphatic rings. The summed E-state index contributed by atoms with van der Waals surface area (Å²) in [5.41, 5.74) is 2.01. The quantitative estimate of drug-likeness (QED) is 0.220. The van der Waals surface area contributed by atoms with Gasteiger partial charge in [0.05, 0.1) is 21.8 Å². The van der Waals surface area contributed by atoms with E-state index < -0.39 is 12.1 Å². The lowest BCUT2D eigenvalue weighted by Gasteiger charge is -2.20. The number of carbonyl (C=O) groups is 3. The highest BCUT2D eigenvalue weighted by atomic mass is 32.1. The number of carbonyl (C=O) groups excluding carboxylic acids is 2. The zero-order chi connectivity index (χ0) is 25.3. The molecule has 0 saturated carbocycles. The van der Waals surface area contributed by atoms with Crippen molar-refractivity contribution in [1.82, 2.24) is 20.2 Å². The summed E-state index contributed by atoms with van der Waals surface area (Å²) in [5, 5.41) is 12.8. The summed E-state index contributed by atoms with van der Waals surface area (Å²) in [5.74, 6) is -0.647. The summed E-state index contributed by atoms with van der Waals surface area (Å²) in [6, 6.07) is 19.4. The van der Waals surface area contributed by atoms with Crippen LogP contribution in [0.2, 0.25) is 0 Å². The van der Waals surface area contributed by atoms with Gasteiger partial charge >= 0.3 is 6.09 Å². The highest BCUT2D eigenvalue weighted by Gasteiger charge is 2.25. The predicted molar refractivity (Wildman–Crippen MR) is 138 cm³/mol. The number of carboxylic acid groups (broad SMARTS) is 1. The second kappa shape index (κ2) is 12.0. The lowest BCUT2D eigenvalue weighted by atomic mass is 10.0. The molecule has 184 valence electrons. The van der Waals surface area contributed by atoms with Gasteiger partial charge in [-0.15, -0.1) is 11.3 Å². The van der Waals surface area contributed by atoms with E-state index in [1.54, 1.807) is 18.3 Å². The Hall–Kier alpha value is -4.11. The number of amides is 2. The Morgan fingerprint density at radius 2 is 1.75 bits per heavy atom. The lowest BCUT2D eigenvalue weighted by molar-refractivity contribution is 0.0850. The van der Waals surface area contributed by atoms with Crippen LogP contribution in [0.15, 0.2) is 79.1 Å². The maximum Gasteiger partial charge on any atom is 0.407 e. The number of ketones is 1. The molecular weight excluding hydrogens is 476 g/mol. The Morgan fingerprint density at radius 3 is 2.47 bits per heavy atom. The van der Waals surface area contributed by atoms with Crippen molar-refractivity contribution in [2.24, 2.45) is 0 Å². The summed E-state index contributed by atoms with van der Waals surface area (Å²) < 4.78 is 0.899. The number of rotatable bonds is 11. The Morgan fingerprint density at radius 1 is 0.972 bits per heavy atom. The third-order valence-corrected chi connectivity index (χ3v) is 6.76. The van der Waals surface area contributed by atoms with Gasteiger partial charge in [-0.05, 0) is 49.1 Å². The van der Waals surface area contributed by atoms with E-state index in [2.05, 4.69) is 15.3 Å². The van der Waals surface area contributed by atoms with E-state index in [9.17, 15) is 19.5 Å². The molecule has 0 unspecified atom stereocenters. The van der Waals surface area contributed by atoms with Crippen molar-refractivity contribution in [3.8, 4) is 0 Å². The standard InChI is InChI=1S/C27H26N4O4S/c32-24(26-30-21-12-4-5-14-23(21)36-26)22(29-25(33)20-11-8-15-28-17-20)13-6-7-16-31(27(34)35)18-19-9-2-1-3-10-19/h1-5,8-12,14-15,17,22H,6-7,13,16,18H2,(H,29,33)(H,34,35)/t22-/m0/s1. The molecule has 1 atom stereocenters. The molecule has 0 spiro atoms. The highest BCUT2D eigenvalue weighted by Crippen LogP contribution is 2.23. The van der Waals surface area contributed by atoms with Crippen molar-refractivity contribution < 1.29 is 19.5 Å². The van der Waals surface area contributed by atoms with Crippen molar-refractivity contribution >= 4 is 39.3 Å². The van der Waals surface area contributed by atoms with Gasteiger partial charge in [0.1, 0.15) is 0 Å². The van der Waals surface area contributed by atoms with Gasteiger partial charge in [-0.1, -0.05) is 42.5 Å². The minimum atomic E-state index is -0.995. The van der Waals surface area contributed by atoms with Crippen molar-refractivity contribution in [3.05, 3.63) is 95.3 Å². The van der Waals surface area contributed by atoms with Crippen molar-refractivity contribution in [1.29, 1.82) is 0 Å². The van der Waals surface area contributed by atoms with Crippen LogP contribution in [0.25, 0.3) is 10.2 Å². The van der Waals surface area contributed by atoms with Crippen LogP contribution in [-0.2, 0) is 6.54 Å². The SMILES string of the molecule is O=C(N[C@@H](CCCCN(Cc1ccccc1)C(=O)O)C(=O)c1nc2ccccc2s1)c1cccnc1. The van der Waals surface area contributed by atoms with E-state index in [4.69, 9.17) is 0 Å². The summed E-state index contributed by atoms with van der Waals surface area (Å²) in [4.78, 5) is 47.7. The molecular formula is C27H26N4O4S. The molecule has 2 aromatic carbocycles. The van der Waals surface area contributed by atoms with E-state index in [1.165, 1.54) is 22.4 Å². The summed E-state index contributed by atoms with van der Waals surface area (Å²) in [6.07, 6.45) is 3.48. The van der Waals surface area contributed by atoms with E-state index in [0.717, 1.165) is 15.8 Å². The maximum absolute atomic E-state index is 13.4. The zero-order valence-electron chi connectivity index (χ0n) is 19.5. The van der Waals surface area contributed by atoms with Gasteiger partial charge in [-0.3, -0.25) is 14.6 Å². The smallest absolute Gasteiger partial charge is 0.407 e. The summed E-state index contributed by atoms with van der Waals surface area (Å²) in [6.45, 7) is 0.616. The number of aromatic nitrogens is 2. The van der Waals surface area contributed by atoms with Gasteiger partial charge in [0.2, 0.25) is 5.78 Å². The van der Waals surface area contributed by atoms with Crippen LogP contribution in [0.1, 0.15) is 45.0 Å². The van der Waals surface area contributed by atoms with Crippen molar-refractivity contribution in [2.75, 3.05) is 6.54 Å². The number of unbranched alkanes of at least 4 members (excludes halogenated alkanes) is 1. The van der Waals surface area contributed by atoms with E-state index in [1.807, 2.05) is 54.6 Å². The summed E-state index contributed by atoms with van der Waals surface area (Å²) in [7, 11) is 0. The fourth-order valence-corrected chi connectivity index (χ4v) is 4.79. The Balaban J connectivity index is 1.42. The van der Waals surface area contributed by atoms with Crippen LogP contribution < -0.4 is 5.32 Å². The third-order valence-electron chi connectivity index (χ3n) is 5.71. The molecule has 0 saturated heterocycles. The van der Waals surface area contributed by atoms with E-state index in [-0.39, 0.29) is 11.7 Å². The normalized spacial score (nSPS) is 11.7.